The number of carboxylic acid groups (broad SMARTS) is 1. The van der Waals surface area contributed by atoms with E-state index in [9.17, 15) is 24.6 Å². The highest BCUT2D eigenvalue weighted by molar-refractivity contribution is 8.01. The molecule has 13 nitrogen and oxygen atoms in total. The number of nitrogens with one attached hydrogen (secondary N) is 1. The molecule has 178 valence electrons. The van der Waals surface area contributed by atoms with Gasteiger partial charge in [0.2, 0.25) is 11.8 Å². The van der Waals surface area contributed by atoms with E-state index < -0.39 is 22.1 Å². The maximum Gasteiger partial charge on any atom is 0.352 e. The van der Waals surface area contributed by atoms with Gasteiger partial charge in [-0.3, -0.25) is 14.5 Å². The molecule has 1 fully saturated rings. The number of aromatic nitrogens is 3. The lowest BCUT2D eigenvalue weighted by Crippen LogP contribution is -2.61. The fourth-order valence-electron chi connectivity index (χ4n) is 3.42. The average Bonchev–Trinajstić information content (AvgIpc) is 3.23. The zero-order chi connectivity index (χ0) is 24.5. The van der Waals surface area contributed by atoms with Gasteiger partial charge >= 0.3 is 5.97 Å². The molecule has 2 aliphatic heterocycles. The van der Waals surface area contributed by atoms with E-state index in [1.807, 2.05) is 0 Å². The Bertz CT molecular complexity index is 1200. The number of β-lactam (4-membered cyclic amide) rings is 1. The third-order valence-electron chi connectivity index (χ3n) is 4.82. The number of fused-ring (bicyclic) bond motifs is 1. The Morgan fingerprint density at radius 1 is 1.47 bits per heavy atom. The van der Waals surface area contributed by atoms with Gasteiger partial charge in [-0.05, 0) is 6.07 Å². The first-order valence-electron chi connectivity index (χ1n) is 9.47. The van der Waals surface area contributed by atoms with Crippen LogP contribution in [-0.4, -0.2) is 72.5 Å². The second-order valence-electron chi connectivity index (χ2n) is 6.85. The number of amides is 2. The van der Waals surface area contributed by atoms with Crippen LogP contribution in [0.2, 0.25) is 0 Å². The Balaban J connectivity index is 1.86. The lowest BCUT2D eigenvalue weighted by molar-refractivity contribution is -0.146. The van der Waals surface area contributed by atoms with E-state index in [1.54, 1.807) is 5.38 Å². The first-order chi connectivity index (χ1) is 16.2. The Morgan fingerprint density at radius 3 is 2.85 bits per heavy atom. The van der Waals surface area contributed by atoms with E-state index in [0.29, 0.717) is 10.7 Å². The molecule has 0 saturated carbocycles. The number of carbonyl (C=O) groups is 3. The van der Waals surface area contributed by atoms with Gasteiger partial charge in [-0.2, -0.15) is 0 Å². The van der Waals surface area contributed by atoms with Gasteiger partial charge in [0, 0.05) is 22.8 Å². The molecule has 2 aromatic rings. The molecule has 1 unspecified atom stereocenters. The van der Waals surface area contributed by atoms with Crippen molar-refractivity contribution in [3.05, 3.63) is 34.5 Å². The van der Waals surface area contributed by atoms with Crippen molar-refractivity contribution >= 4 is 64.0 Å². The minimum absolute atomic E-state index is 0.0102. The highest BCUT2D eigenvalue weighted by atomic mass is 32.2. The van der Waals surface area contributed by atoms with Gasteiger partial charge in [0.15, 0.2) is 10.0 Å². The highest BCUT2D eigenvalue weighted by Gasteiger charge is 2.56. The monoisotopic (exact) mass is 523 g/mol. The summed E-state index contributed by atoms with van der Waals surface area (Å²) in [4.78, 5) is 46.1. The summed E-state index contributed by atoms with van der Waals surface area (Å²) in [6.07, 6.45) is 1.00. The van der Waals surface area contributed by atoms with E-state index in [-0.39, 0.29) is 40.4 Å². The van der Waals surface area contributed by atoms with Crippen LogP contribution in [0.4, 0.5) is 5.13 Å². The number of aromatic hydroxyl groups is 1. The largest absolute Gasteiger partial charge is 0.492 e. The number of aliphatic carboxylic acids is 1. The first-order valence-corrected chi connectivity index (χ1v) is 12.2. The van der Waals surface area contributed by atoms with E-state index in [4.69, 9.17) is 5.73 Å². The molecule has 0 radical (unpaired) electrons. The number of anilines is 1. The molecule has 16 heteroatoms. The van der Waals surface area contributed by atoms with Gasteiger partial charge < -0.3 is 26.1 Å². The van der Waals surface area contributed by atoms with Crippen LogP contribution in [-0.2, 0) is 24.1 Å². The Kier molecular flexibility index (Phi) is 6.63. The van der Waals surface area contributed by atoms with Crippen LogP contribution < -0.4 is 11.1 Å². The van der Waals surface area contributed by atoms with Crippen LogP contribution in [0.15, 0.2) is 39.0 Å². The van der Waals surface area contributed by atoms with Gasteiger partial charge in [-0.25, -0.2) is 9.78 Å². The van der Waals surface area contributed by atoms with Crippen molar-refractivity contribution in [3.8, 4) is 5.88 Å². The van der Waals surface area contributed by atoms with Crippen molar-refractivity contribution in [1.82, 2.24) is 25.4 Å². The van der Waals surface area contributed by atoms with Crippen molar-refractivity contribution < 1.29 is 29.4 Å². The number of oxime groups is 1. The SMILES string of the molecule is CON=CC(=O)NC1(c2csc(N)n2)S[C@H]2CC(=O)N2C(C(=O)O)=C1CSc1ccc(O)nn1. The van der Waals surface area contributed by atoms with Crippen molar-refractivity contribution in [3.63, 3.8) is 0 Å². The number of carbonyl (C=O) groups excluding carboxylic acids is 2. The molecule has 0 aromatic carbocycles. The highest BCUT2D eigenvalue weighted by Crippen LogP contribution is 2.55. The molecule has 34 heavy (non-hydrogen) atoms. The number of hydrogen-bond acceptors (Lipinski definition) is 13. The first kappa shape index (κ1) is 23.8. The number of hydrogen-bond donors (Lipinski definition) is 4. The predicted molar refractivity (Wildman–Crippen MR) is 124 cm³/mol. The lowest BCUT2D eigenvalue weighted by atomic mass is 9.98. The van der Waals surface area contributed by atoms with Crippen LogP contribution >= 0.6 is 34.9 Å². The summed E-state index contributed by atoms with van der Waals surface area (Å²) < 4.78 is 0. The predicted octanol–water partition coefficient (Wildman–Crippen LogP) is 0.558. The van der Waals surface area contributed by atoms with Crippen LogP contribution in [0.5, 0.6) is 5.88 Å². The third-order valence-corrected chi connectivity index (χ3v) is 8.00. The van der Waals surface area contributed by atoms with Crippen molar-refractivity contribution in [2.45, 2.75) is 21.7 Å². The number of carboxylic acids is 1. The second kappa shape index (κ2) is 9.47. The summed E-state index contributed by atoms with van der Waals surface area (Å²) in [6.45, 7) is 0. The minimum atomic E-state index is -1.47. The summed E-state index contributed by atoms with van der Waals surface area (Å²) in [5, 5.41) is 34.9. The maximum absolute atomic E-state index is 12.7. The fourth-order valence-corrected chi connectivity index (χ4v) is 6.76. The molecule has 2 aromatic heterocycles. The molecule has 0 aliphatic carbocycles. The molecule has 0 spiro atoms. The molecule has 4 rings (SSSR count). The number of nitrogens with zero attached hydrogens (tertiary/aromatic N) is 5. The Hall–Kier alpha value is -3.37. The number of nitrogen functional groups attached to an aromatic ring is 1. The molecule has 2 aliphatic rings. The summed E-state index contributed by atoms with van der Waals surface area (Å²) in [7, 11) is 1.27. The van der Waals surface area contributed by atoms with Crippen molar-refractivity contribution in [1.29, 1.82) is 0 Å². The Labute approximate surface area is 204 Å². The van der Waals surface area contributed by atoms with Gasteiger partial charge in [0.05, 0.1) is 17.5 Å². The van der Waals surface area contributed by atoms with Gasteiger partial charge in [-0.1, -0.05) is 28.7 Å². The Morgan fingerprint density at radius 2 is 2.26 bits per heavy atom. The van der Waals surface area contributed by atoms with Crippen LogP contribution in [0.25, 0.3) is 0 Å². The van der Waals surface area contributed by atoms with E-state index in [0.717, 1.165) is 29.3 Å². The molecule has 2 atom stereocenters. The van der Waals surface area contributed by atoms with E-state index in [2.05, 4.69) is 30.5 Å². The zero-order valence-electron chi connectivity index (χ0n) is 17.4. The summed E-state index contributed by atoms with van der Waals surface area (Å²) in [6, 6.07) is 2.84. The number of thioether (sulfide) groups is 2. The topological polar surface area (TPSA) is 193 Å². The molecule has 1 saturated heterocycles. The quantitative estimate of drug-likeness (QED) is 0.163. The smallest absolute Gasteiger partial charge is 0.352 e. The normalized spacial score (nSPS) is 21.9. The van der Waals surface area contributed by atoms with E-state index in [1.165, 1.54) is 35.9 Å². The van der Waals surface area contributed by atoms with Crippen molar-refractivity contribution in [2.75, 3.05) is 18.6 Å². The van der Waals surface area contributed by atoms with Gasteiger partial charge in [0.25, 0.3) is 5.91 Å². The minimum Gasteiger partial charge on any atom is -0.492 e. The number of thiazole rings is 1. The summed E-state index contributed by atoms with van der Waals surface area (Å²) in [5.74, 6) is -2.63. The maximum atomic E-state index is 12.7. The number of rotatable bonds is 8. The van der Waals surface area contributed by atoms with Crippen molar-refractivity contribution in [2.24, 2.45) is 5.16 Å². The standard InChI is InChI=1S/C18H17N7O6S3/c1-31-20-5-11(27)22-18(9-7-33-17(19)21-9)8(6-32-12-3-2-10(26)23-24-12)15(16(29)30)25-13(28)4-14(25)34-18/h2-3,5,7,14H,4,6H2,1H3,(H2,19,21)(H,22,27)(H,23,26)(H,29,30)/t14-,18?/m0/s1. The third kappa shape index (κ3) is 4.38. The van der Waals surface area contributed by atoms with Crippen LogP contribution in [0.3, 0.4) is 0 Å². The molecule has 2 amide bonds. The number of nitrogens with two attached hydrogens (primary N) is 1. The van der Waals surface area contributed by atoms with Crippen LogP contribution in [0, 0.1) is 0 Å². The molecule has 4 heterocycles. The van der Waals surface area contributed by atoms with Gasteiger partial charge in [0.1, 0.15) is 24.0 Å². The molecular formula is C18H17N7O6S3. The lowest BCUT2D eigenvalue weighted by Gasteiger charge is -2.51. The van der Waals surface area contributed by atoms with Gasteiger partial charge in [-0.15, -0.1) is 21.5 Å². The molecule has 5 N–H and O–H groups in total. The molecular weight excluding hydrogens is 506 g/mol. The summed E-state index contributed by atoms with van der Waals surface area (Å²) >= 11 is 3.41. The average molecular weight is 524 g/mol. The fraction of sp³-hybridized carbons (Fsp3) is 0.278. The second-order valence-corrected chi connectivity index (χ2v) is 10.1. The van der Waals surface area contributed by atoms with E-state index >= 15 is 0 Å². The zero-order valence-corrected chi connectivity index (χ0v) is 19.8. The van der Waals surface area contributed by atoms with Crippen LogP contribution in [0.1, 0.15) is 12.1 Å². The molecule has 0 bridgehead atoms. The summed E-state index contributed by atoms with van der Waals surface area (Å²) in [5.41, 5.74) is 6.12.